The van der Waals surface area contributed by atoms with Crippen molar-refractivity contribution in [3.63, 3.8) is 0 Å². The number of amidine groups is 1. The molecule has 1 amide bonds. The van der Waals surface area contributed by atoms with Crippen molar-refractivity contribution in [2.75, 3.05) is 19.7 Å². The summed E-state index contributed by atoms with van der Waals surface area (Å²) in [6.07, 6.45) is 8.30. The number of sulfonamides is 1. The van der Waals surface area contributed by atoms with Gasteiger partial charge in [-0.15, -0.1) is 0 Å². The van der Waals surface area contributed by atoms with Gasteiger partial charge in [0.05, 0.1) is 4.90 Å². The highest BCUT2D eigenvalue weighted by atomic mass is 32.2. The molecule has 33 heavy (non-hydrogen) atoms. The summed E-state index contributed by atoms with van der Waals surface area (Å²) in [6, 6.07) is 6.65. The minimum atomic E-state index is -3.56. The smallest absolute Gasteiger partial charge is 0.306 e. The van der Waals surface area contributed by atoms with E-state index in [4.69, 9.17) is 4.74 Å². The number of aliphatic imine (C=N–C) groups is 1. The molecule has 4 saturated carbocycles. The molecule has 2 N–H and O–H groups in total. The molecule has 0 atom stereocenters. The Morgan fingerprint density at radius 1 is 1.09 bits per heavy atom. The maximum absolute atomic E-state index is 12.2. The number of nitrogens with zero attached hydrogens (tertiary/aromatic N) is 1. The van der Waals surface area contributed by atoms with E-state index in [0.29, 0.717) is 24.4 Å². The van der Waals surface area contributed by atoms with Crippen LogP contribution in [0.15, 0.2) is 34.2 Å². The van der Waals surface area contributed by atoms with Gasteiger partial charge in [0.25, 0.3) is 15.9 Å². The summed E-state index contributed by atoms with van der Waals surface area (Å²) in [6.45, 7) is 0.716. The van der Waals surface area contributed by atoms with Crippen LogP contribution in [0.1, 0.15) is 56.9 Å². The Morgan fingerprint density at radius 2 is 1.76 bits per heavy atom. The maximum atomic E-state index is 12.2. The van der Waals surface area contributed by atoms with Crippen molar-refractivity contribution in [3.8, 4) is 0 Å². The average Bonchev–Trinajstić information content (AvgIpc) is 3.03. The van der Waals surface area contributed by atoms with Crippen molar-refractivity contribution in [2.45, 2.75) is 56.3 Å². The minimum absolute atomic E-state index is 0.118. The standard InChI is InChI=1S/C24H31N3O5S/c28-21(26-15-24-11-16-8-17(12-24)10-18(9-16)13-24)14-32-22(29)6-3-7-25-23-19-4-1-2-5-20(19)33(30,31)27-23/h1-2,4-5,16-18H,3,6-15H2,(H,25,27)(H,26,28). The number of carbonyl (C=O) groups is 2. The number of ether oxygens (including phenoxy) is 1. The van der Waals surface area contributed by atoms with Crippen molar-refractivity contribution in [2.24, 2.45) is 28.2 Å². The molecule has 0 unspecified atom stereocenters. The van der Waals surface area contributed by atoms with Crippen molar-refractivity contribution >= 4 is 27.7 Å². The highest BCUT2D eigenvalue weighted by Crippen LogP contribution is 2.59. The number of rotatable bonds is 8. The highest BCUT2D eigenvalue weighted by molar-refractivity contribution is 7.90. The predicted octanol–water partition coefficient (Wildman–Crippen LogP) is 2.38. The van der Waals surface area contributed by atoms with Gasteiger partial charge >= 0.3 is 5.97 Å². The summed E-state index contributed by atoms with van der Waals surface area (Å²) >= 11 is 0. The third kappa shape index (κ3) is 4.78. The summed E-state index contributed by atoms with van der Waals surface area (Å²) in [4.78, 5) is 28.8. The van der Waals surface area contributed by atoms with E-state index in [9.17, 15) is 18.0 Å². The van der Waals surface area contributed by atoms with Crippen LogP contribution in [0.3, 0.4) is 0 Å². The predicted molar refractivity (Wildman–Crippen MR) is 122 cm³/mol. The summed E-state index contributed by atoms with van der Waals surface area (Å²) in [5.41, 5.74) is 0.796. The fraction of sp³-hybridized carbons (Fsp3) is 0.625. The molecular weight excluding hydrogens is 442 g/mol. The van der Waals surface area contributed by atoms with Gasteiger partial charge in [0.2, 0.25) is 0 Å². The molecule has 0 spiro atoms. The molecule has 178 valence electrons. The van der Waals surface area contributed by atoms with Gasteiger partial charge in [0.1, 0.15) is 5.84 Å². The second kappa shape index (κ2) is 8.74. The first-order valence-corrected chi connectivity index (χ1v) is 13.4. The Morgan fingerprint density at radius 3 is 2.45 bits per heavy atom. The Hall–Kier alpha value is -2.42. The Bertz CT molecular complexity index is 1050. The average molecular weight is 474 g/mol. The fourth-order valence-corrected chi connectivity index (χ4v) is 7.98. The molecular formula is C24H31N3O5S. The van der Waals surface area contributed by atoms with Crippen LogP contribution in [0.2, 0.25) is 0 Å². The highest BCUT2D eigenvalue weighted by Gasteiger charge is 2.50. The number of nitrogens with one attached hydrogen (secondary N) is 2. The summed E-state index contributed by atoms with van der Waals surface area (Å²) in [5.74, 6) is 2.11. The van der Waals surface area contributed by atoms with Crippen molar-refractivity contribution in [1.82, 2.24) is 10.0 Å². The van der Waals surface area contributed by atoms with E-state index < -0.39 is 16.0 Å². The first-order chi connectivity index (χ1) is 15.8. The zero-order valence-electron chi connectivity index (χ0n) is 18.7. The molecule has 1 heterocycles. The van der Waals surface area contributed by atoms with Crippen LogP contribution in [-0.4, -0.2) is 45.8 Å². The molecule has 8 nitrogen and oxygen atoms in total. The van der Waals surface area contributed by atoms with Crippen LogP contribution in [0, 0.1) is 23.2 Å². The van der Waals surface area contributed by atoms with Gasteiger partial charge in [-0.05, 0) is 80.2 Å². The monoisotopic (exact) mass is 473 g/mol. The molecule has 1 aromatic rings. The zero-order chi connectivity index (χ0) is 23.1. The number of fused-ring (bicyclic) bond motifs is 1. The van der Waals surface area contributed by atoms with Crippen LogP contribution < -0.4 is 10.0 Å². The van der Waals surface area contributed by atoms with Crippen molar-refractivity contribution in [3.05, 3.63) is 29.8 Å². The SMILES string of the molecule is O=C(COC(=O)CCCN=C1NS(=O)(=O)c2ccccc21)NCC12CC3CC(CC(C3)C1)C2. The molecule has 5 aliphatic rings. The number of benzene rings is 1. The van der Waals surface area contributed by atoms with E-state index in [-0.39, 0.29) is 35.8 Å². The summed E-state index contributed by atoms with van der Waals surface area (Å²) in [5, 5.41) is 3.01. The van der Waals surface area contributed by atoms with E-state index in [2.05, 4.69) is 15.0 Å². The number of hydrogen-bond acceptors (Lipinski definition) is 6. The fourth-order valence-electron chi connectivity index (χ4n) is 6.73. The van der Waals surface area contributed by atoms with Crippen LogP contribution in [0.25, 0.3) is 0 Å². The number of hydrogen-bond donors (Lipinski definition) is 2. The summed E-state index contributed by atoms with van der Waals surface area (Å²) in [7, 11) is -3.56. The molecule has 1 aromatic carbocycles. The molecule has 0 aromatic heterocycles. The topological polar surface area (TPSA) is 114 Å². The zero-order valence-corrected chi connectivity index (χ0v) is 19.5. The van der Waals surface area contributed by atoms with Crippen molar-refractivity contribution < 1.29 is 22.7 Å². The van der Waals surface area contributed by atoms with Crippen LogP contribution in [0.4, 0.5) is 0 Å². The normalized spacial score (nSPS) is 31.8. The molecule has 1 aliphatic heterocycles. The Labute approximate surface area is 194 Å². The lowest BCUT2D eigenvalue weighted by atomic mass is 9.49. The van der Waals surface area contributed by atoms with Gasteiger partial charge in [0.15, 0.2) is 6.61 Å². The minimum Gasteiger partial charge on any atom is -0.456 e. The largest absolute Gasteiger partial charge is 0.456 e. The van der Waals surface area contributed by atoms with Gasteiger partial charge in [-0.25, -0.2) is 8.42 Å². The van der Waals surface area contributed by atoms with Gasteiger partial charge in [0, 0.05) is 25.1 Å². The van der Waals surface area contributed by atoms with Crippen LogP contribution in [-0.2, 0) is 24.3 Å². The third-order valence-electron chi connectivity index (χ3n) is 7.66. The summed E-state index contributed by atoms with van der Waals surface area (Å²) < 4.78 is 31.7. The second-order valence-electron chi connectivity index (χ2n) is 10.3. The Balaban J connectivity index is 1.02. The molecule has 9 heteroatoms. The van der Waals surface area contributed by atoms with Crippen LogP contribution >= 0.6 is 0 Å². The molecule has 4 fully saturated rings. The lowest BCUT2D eigenvalue weighted by Gasteiger charge is -2.56. The lowest BCUT2D eigenvalue weighted by molar-refractivity contribution is -0.149. The van der Waals surface area contributed by atoms with E-state index >= 15 is 0 Å². The quantitative estimate of drug-likeness (QED) is 0.445. The van der Waals surface area contributed by atoms with E-state index in [1.807, 2.05) is 0 Å². The van der Waals surface area contributed by atoms with E-state index in [1.54, 1.807) is 18.2 Å². The van der Waals surface area contributed by atoms with E-state index in [1.165, 1.54) is 44.6 Å². The number of carbonyl (C=O) groups excluding carboxylic acids is 2. The van der Waals surface area contributed by atoms with Gasteiger partial charge < -0.3 is 10.1 Å². The molecule has 0 radical (unpaired) electrons. The maximum Gasteiger partial charge on any atom is 0.306 e. The van der Waals surface area contributed by atoms with Crippen molar-refractivity contribution in [1.29, 1.82) is 0 Å². The molecule has 0 saturated heterocycles. The molecule has 4 bridgehead atoms. The second-order valence-corrected chi connectivity index (χ2v) is 11.9. The Kier molecular flexibility index (Phi) is 5.93. The number of esters is 1. The molecule has 4 aliphatic carbocycles. The van der Waals surface area contributed by atoms with E-state index in [0.717, 1.165) is 17.8 Å². The lowest BCUT2D eigenvalue weighted by Crippen LogP contribution is -2.51. The van der Waals surface area contributed by atoms with Gasteiger partial charge in [-0.2, -0.15) is 0 Å². The first-order valence-electron chi connectivity index (χ1n) is 11.9. The number of amides is 1. The van der Waals surface area contributed by atoms with Gasteiger partial charge in [-0.1, -0.05) is 12.1 Å². The third-order valence-corrected chi connectivity index (χ3v) is 9.06. The first kappa shape index (κ1) is 22.4. The van der Waals surface area contributed by atoms with Gasteiger partial charge in [-0.3, -0.25) is 19.3 Å². The molecule has 6 rings (SSSR count). The van der Waals surface area contributed by atoms with Crippen LogP contribution in [0.5, 0.6) is 0 Å².